The van der Waals surface area contributed by atoms with Gasteiger partial charge in [-0.3, -0.25) is 13.9 Å². The summed E-state index contributed by atoms with van der Waals surface area (Å²) >= 11 is 2.14. The van der Waals surface area contributed by atoms with Crippen molar-refractivity contribution in [3.8, 4) is 0 Å². The van der Waals surface area contributed by atoms with Crippen molar-refractivity contribution in [3.63, 3.8) is 0 Å². The van der Waals surface area contributed by atoms with Crippen LogP contribution in [0.2, 0.25) is 0 Å². The topological polar surface area (TPSA) is 58.9 Å². The lowest BCUT2D eigenvalue weighted by Crippen LogP contribution is -2.44. The minimum atomic E-state index is -4.86. The van der Waals surface area contributed by atoms with Gasteiger partial charge in [0.2, 0.25) is 0 Å². The first-order chi connectivity index (χ1) is 15.6. The Bertz CT molecular complexity index is 1130. The normalized spacial score (nSPS) is 16.5. The quantitative estimate of drug-likeness (QED) is 0.297. The summed E-state index contributed by atoms with van der Waals surface area (Å²) in [6.45, 7) is -0.231. The number of pyridine rings is 1. The summed E-state index contributed by atoms with van der Waals surface area (Å²) in [4.78, 5) is 13.1. The molecule has 1 fully saturated rings. The second kappa shape index (κ2) is 9.44. The molecule has 0 unspecified atom stereocenters. The maximum absolute atomic E-state index is 14.6. The first-order valence-corrected chi connectivity index (χ1v) is 13.1. The van der Waals surface area contributed by atoms with E-state index >= 15 is 0 Å². The Labute approximate surface area is 200 Å². The second-order valence-electron chi connectivity index (χ2n) is 7.62. The fourth-order valence-corrected chi connectivity index (χ4v) is 5.02. The molecule has 1 aliphatic rings. The van der Waals surface area contributed by atoms with Crippen LogP contribution in [0.25, 0.3) is 11.0 Å². The molecule has 0 aliphatic carbocycles. The third-order valence-corrected chi connectivity index (χ3v) is 7.10. The fraction of sp³-hybridized carbons (Fsp3) is 0.421. The largest absolute Gasteiger partial charge is 0.417 e. The Morgan fingerprint density at radius 1 is 1.12 bits per heavy atom. The Hall–Kier alpha value is -1.81. The van der Waals surface area contributed by atoms with Crippen molar-refractivity contribution in [2.75, 3.05) is 25.0 Å². The minimum Gasteiger partial charge on any atom is -0.367 e. The number of aromatic nitrogens is 4. The van der Waals surface area contributed by atoms with Gasteiger partial charge in [0.15, 0.2) is 11.5 Å². The summed E-state index contributed by atoms with van der Waals surface area (Å²) in [5.74, 6) is -4.74. The zero-order valence-corrected chi connectivity index (χ0v) is 19.8. The molecule has 33 heavy (non-hydrogen) atoms. The molecule has 0 aromatic carbocycles. The molecular weight excluding hydrogens is 585 g/mol. The van der Waals surface area contributed by atoms with Crippen molar-refractivity contribution in [1.82, 2.24) is 23.8 Å². The molecule has 4 heterocycles. The summed E-state index contributed by atoms with van der Waals surface area (Å²) in [6.07, 6.45) is -0.229. The summed E-state index contributed by atoms with van der Waals surface area (Å²) in [7, 11) is 1.47. The molecule has 0 amide bonds. The van der Waals surface area contributed by atoms with Crippen LogP contribution in [0.15, 0.2) is 30.9 Å². The molecular formula is C19H17F6IN6S. The molecule has 178 valence electrons. The zero-order valence-electron chi connectivity index (χ0n) is 16.8. The van der Waals surface area contributed by atoms with Gasteiger partial charge in [-0.2, -0.15) is 22.0 Å². The smallest absolute Gasteiger partial charge is 0.367 e. The molecule has 6 nitrogen and oxygen atoms in total. The Morgan fingerprint density at radius 3 is 2.48 bits per heavy atom. The molecule has 0 bridgehead atoms. The molecule has 14 heteroatoms. The number of nitrogens with one attached hydrogen (secondary N) is 1. The van der Waals surface area contributed by atoms with Crippen LogP contribution < -0.4 is 5.32 Å². The van der Waals surface area contributed by atoms with E-state index < -0.39 is 35.7 Å². The van der Waals surface area contributed by atoms with Crippen LogP contribution in [0, 0.1) is 5.82 Å². The van der Waals surface area contributed by atoms with E-state index in [9.17, 15) is 26.3 Å². The molecule has 0 radical (unpaired) electrons. The van der Waals surface area contributed by atoms with Crippen molar-refractivity contribution in [2.24, 2.45) is 0 Å². The van der Waals surface area contributed by atoms with Crippen LogP contribution in [-0.4, -0.2) is 49.5 Å². The molecule has 0 saturated carbocycles. The zero-order chi connectivity index (χ0) is 23.8. The highest BCUT2D eigenvalue weighted by Gasteiger charge is 2.41. The Kier molecular flexibility index (Phi) is 6.96. The van der Waals surface area contributed by atoms with Crippen LogP contribution >= 0.6 is 30.3 Å². The summed E-state index contributed by atoms with van der Waals surface area (Å²) in [5.41, 5.74) is -1.93. The lowest BCUT2D eigenvalue weighted by Gasteiger charge is -2.34. The molecule has 3 aromatic heterocycles. The van der Waals surface area contributed by atoms with Crippen molar-refractivity contribution in [2.45, 2.75) is 31.0 Å². The monoisotopic (exact) mass is 602 g/mol. The lowest BCUT2D eigenvalue weighted by molar-refractivity contribution is -0.138. The average molecular weight is 602 g/mol. The molecule has 4 rings (SSSR count). The van der Waals surface area contributed by atoms with Crippen LogP contribution in [-0.2, 0) is 12.1 Å². The number of likely N-dealkylation sites (tertiary alicyclic amines) is 1. The maximum Gasteiger partial charge on any atom is 0.417 e. The second-order valence-corrected chi connectivity index (χ2v) is 9.33. The van der Waals surface area contributed by atoms with E-state index in [4.69, 9.17) is 0 Å². The van der Waals surface area contributed by atoms with Crippen molar-refractivity contribution in [3.05, 3.63) is 47.9 Å². The number of fused-ring (bicyclic) bond motifs is 1. The van der Waals surface area contributed by atoms with Gasteiger partial charge in [-0.1, -0.05) is 0 Å². The predicted molar refractivity (Wildman–Crippen MR) is 121 cm³/mol. The summed E-state index contributed by atoms with van der Waals surface area (Å²) in [6, 6.07) is 1.94. The van der Waals surface area contributed by atoms with Gasteiger partial charge >= 0.3 is 12.1 Å². The highest BCUT2D eigenvalue weighted by Crippen LogP contribution is 2.35. The number of alkyl halides is 5. The van der Waals surface area contributed by atoms with E-state index in [1.54, 1.807) is 0 Å². The third-order valence-electron chi connectivity index (χ3n) is 5.39. The molecule has 0 spiro atoms. The maximum atomic E-state index is 14.6. The van der Waals surface area contributed by atoms with Crippen molar-refractivity contribution >= 4 is 47.2 Å². The van der Waals surface area contributed by atoms with E-state index in [1.165, 1.54) is 20.3 Å². The van der Waals surface area contributed by atoms with Gasteiger partial charge in [-0.15, -0.1) is 0 Å². The predicted octanol–water partition coefficient (Wildman–Crippen LogP) is 5.50. The highest BCUT2D eigenvalue weighted by atomic mass is 127. The lowest BCUT2D eigenvalue weighted by atomic mass is 10.0. The van der Waals surface area contributed by atoms with E-state index in [-0.39, 0.29) is 18.3 Å². The van der Waals surface area contributed by atoms with Gasteiger partial charge in [0.25, 0.3) is 0 Å². The van der Waals surface area contributed by atoms with Gasteiger partial charge < -0.3 is 5.32 Å². The number of hydrogen-bond acceptors (Lipinski definition) is 6. The van der Waals surface area contributed by atoms with E-state index in [0.717, 1.165) is 11.0 Å². The van der Waals surface area contributed by atoms with Gasteiger partial charge in [-0.25, -0.2) is 14.4 Å². The van der Waals surface area contributed by atoms with Crippen molar-refractivity contribution in [1.29, 1.82) is 0 Å². The van der Waals surface area contributed by atoms with E-state index in [1.807, 2.05) is 16.2 Å². The van der Waals surface area contributed by atoms with E-state index in [0.29, 0.717) is 31.7 Å². The number of piperidine rings is 1. The van der Waals surface area contributed by atoms with Gasteiger partial charge in [0.05, 0.1) is 17.5 Å². The van der Waals surface area contributed by atoms with Crippen LogP contribution in [0.5, 0.6) is 0 Å². The molecule has 1 saturated heterocycles. The van der Waals surface area contributed by atoms with Gasteiger partial charge in [-0.05, 0) is 25.0 Å². The number of anilines is 1. The highest BCUT2D eigenvalue weighted by molar-refractivity contribution is 14.2. The fourth-order valence-electron chi connectivity index (χ4n) is 3.75. The standard InChI is InChI=1S/C19H17F6IN6S/c20-14-7-11(19(23,24)25)8-27-15(14)18(21,22)9-31-4-1-12(2-5-31)30-16-13-3-6-32(33-26)17(13)29-10-28-16/h3,6-8,10,12H,1-2,4-5,9H2,(H,28,29,30). The minimum absolute atomic E-state index is 0.00972. The first-order valence-electron chi connectivity index (χ1n) is 9.79. The average Bonchev–Trinajstić information content (AvgIpc) is 3.18. The van der Waals surface area contributed by atoms with Crippen LogP contribution in [0.1, 0.15) is 24.1 Å². The van der Waals surface area contributed by atoms with Crippen LogP contribution in [0.4, 0.5) is 32.2 Å². The van der Waals surface area contributed by atoms with Gasteiger partial charge in [0.1, 0.15) is 17.8 Å². The molecule has 0 atom stereocenters. The number of nitrogens with zero attached hydrogens (tertiary/aromatic N) is 5. The van der Waals surface area contributed by atoms with E-state index in [2.05, 4.69) is 41.5 Å². The van der Waals surface area contributed by atoms with Crippen molar-refractivity contribution < 1.29 is 26.3 Å². The Morgan fingerprint density at radius 2 is 1.85 bits per heavy atom. The number of hydrogen-bond donors (Lipinski definition) is 1. The van der Waals surface area contributed by atoms with Crippen LogP contribution in [0.3, 0.4) is 0 Å². The third kappa shape index (κ3) is 5.31. The first kappa shape index (κ1) is 24.3. The van der Waals surface area contributed by atoms with Gasteiger partial charge in [0, 0.05) is 61.8 Å². The summed E-state index contributed by atoms with van der Waals surface area (Å²) < 4.78 is 83.1. The summed E-state index contributed by atoms with van der Waals surface area (Å²) in [5, 5.41) is 4.18. The molecule has 1 N–H and O–H groups in total. The number of halogens is 7. The Balaban J connectivity index is 1.38. The SMILES string of the molecule is Fc1cc(C(F)(F)F)cnc1C(F)(F)CN1CCC(Nc2ncnc3c2ccn3SI)CC1. The molecule has 3 aromatic rings. The number of rotatable bonds is 6. The molecule has 1 aliphatic heterocycles.